The number of amides is 2. The van der Waals surface area contributed by atoms with Gasteiger partial charge in [0.05, 0.1) is 13.1 Å². The molecule has 3 heterocycles. The van der Waals surface area contributed by atoms with Gasteiger partial charge in [0.25, 0.3) is 5.91 Å². The molecule has 1 unspecified atom stereocenters. The summed E-state index contributed by atoms with van der Waals surface area (Å²) in [6.07, 6.45) is 5.46. The predicted molar refractivity (Wildman–Crippen MR) is 111 cm³/mol. The topological polar surface area (TPSA) is 86.2 Å². The predicted octanol–water partition coefficient (Wildman–Crippen LogP) is 2.87. The Hall–Kier alpha value is -2.70. The highest BCUT2D eigenvalue weighted by atomic mass is 16.2. The fourth-order valence-corrected chi connectivity index (χ4v) is 4.45. The van der Waals surface area contributed by atoms with E-state index in [-0.39, 0.29) is 18.4 Å². The van der Waals surface area contributed by atoms with Crippen LogP contribution in [0.5, 0.6) is 0 Å². The number of azo groups is 1. The molecule has 3 aliphatic rings. The first-order valence-corrected chi connectivity index (χ1v) is 10.7. The van der Waals surface area contributed by atoms with Crippen LogP contribution in [0.1, 0.15) is 53.6 Å². The number of aryl methyl sites for hydroxylation is 1. The SMILES string of the molecule is Cc1cccc(C(=O)NCC(=O)N2CCCCC2)c1C1=C2NCCCC2CN=N1. The molecular formula is C22H29N5O2. The van der Waals surface area contributed by atoms with Gasteiger partial charge in [-0.15, -0.1) is 0 Å². The van der Waals surface area contributed by atoms with Gasteiger partial charge in [-0.05, 0) is 50.7 Å². The van der Waals surface area contributed by atoms with Crippen molar-refractivity contribution in [3.8, 4) is 0 Å². The van der Waals surface area contributed by atoms with Gasteiger partial charge in [-0.3, -0.25) is 9.59 Å². The van der Waals surface area contributed by atoms with Gasteiger partial charge in [0.1, 0.15) is 5.70 Å². The summed E-state index contributed by atoms with van der Waals surface area (Å²) in [5, 5.41) is 15.1. The maximum absolute atomic E-state index is 13.0. The minimum absolute atomic E-state index is 0.0133. The molecule has 0 radical (unpaired) electrons. The van der Waals surface area contributed by atoms with Gasteiger partial charge in [0.2, 0.25) is 5.91 Å². The summed E-state index contributed by atoms with van der Waals surface area (Å²) in [7, 11) is 0. The molecule has 29 heavy (non-hydrogen) atoms. The first kappa shape index (κ1) is 19.6. The van der Waals surface area contributed by atoms with Crippen LogP contribution < -0.4 is 10.6 Å². The quantitative estimate of drug-likeness (QED) is 0.822. The van der Waals surface area contributed by atoms with E-state index >= 15 is 0 Å². The number of nitrogens with one attached hydrogen (secondary N) is 2. The fraction of sp³-hybridized carbons (Fsp3) is 0.545. The molecule has 154 valence electrons. The lowest BCUT2D eigenvalue weighted by molar-refractivity contribution is -0.130. The first-order chi connectivity index (χ1) is 14.1. The molecule has 0 bridgehead atoms. The van der Waals surface area contributed by atoms with E-state index in [4.69, 9.17) is 0 Å². The van der Waals surface area contributed by atoms with Crippen LogP contribution >= 0.6 is 0 Å². The molecule has 2 saturated heterocycles. The minimum atomic E-state index is -0.240. The molecule has 7 nitrogen and oxygen atoms in total. The van der Waals surface area contributed by atoms with Crippen molar-refractivity contribution in [3.63, 3.8) is 0 Å². The molecule has 4 rings (SSSR count). The van der Waals surface area contributed by atoms with E-state index < -0.39 is 0 Å². The Morgan fingerprint density at radius 1 is 1.21 bits per heavy atom. The van der Waals surface area contributed by atoms with E-state index in [1.807, 2.05) is 24.0 Å². The van der Waals surface area contributed by atoms with Gasteiger partial charge in [-0.1, -0.05) is 12.1 Å². The number of carbonyl (C=O) groups is 2. The Bertz CT molecular complexity index is 855. The van der Waals surface area contributed by atoms with Gasteiger partial charge in [0, 0.05) is 42.4 Å². The number of likely N-dealkylation sites (tertiary alicyclic amines) is 1. The van der Waals surface area contributed by atoms with E-state index in [2.05, 4.69) is 20.9 Å². The van der Waals surface area contributed by atoms with Crippen molar-refractivity contribution in [1.29, 1.82) is 0 Å². The minimum Gasteiger partial charge on any atom is -0.386 e. The first-order valence-electron chi connectivity index (χ1n) is 10.7. The van der Waals surface area contributed by atoms with Gasteiger partial charge < -0.3 is 15.5 Å². The molecule has 0 aliphatic carbocycles. The Morgan fingerprint density at radius 3 is 2.86 bits per heavy atom. The maximum atomic E-state index is 13.0. The summed E-state index contributed by atoms with van der Waals surface area (Å²) < 4.78 is 0. The summed E-state index contributed by atoms with van der Waals surface area (Å²) in [6, 6.07) is 5.66. The number of hydrogen-bond donors (Lipinski definition) is 2. The van der Waals surface area contributed by atoms with Crippen LogP contribution in [0.25, 0.3) is 5.70 Å². The maximum Gasteiger partial charge on any atom is 0.252 e. The molecule has 0 aromatic heterocycles. The Balaban J connectivity index is 1.56. The van der Waals surface area contributed by atoms with Crippen molar-refractivity contribution >= 4 is 17.5 Å². The van der Waals surface area contributed by atoms with Crippen LogP contribution in [0.2, 0.25) is 0 Å². The molecule has 7 heteroatoms. The van der Waals surface area contributed by atoms with Gasteiger partial charge >= 0.3 is 0 Å². The molecule has 1 atom stereocenters. The number of piperidine rings is 2. The molecule has 2 amide bonds. The van der Waals surface area contributed by atoms with Crippen LogP contribution in [0.4, 0.5) is 0 Å². The highest BCUT2D eigenvalue weighted by molar-refractivity contribution is 6.01. The third-order valence-electron chi connectivity index (χ3n) is 6.04. The average Bonchev–Trinajstić information content (AvgIpc) is 2.77. The molecule has 2 N–H and O–H groups in total. The lowest BCUT2D eigenvalue weighted by Gasteiger charge is -2.30. The van der Waals surface area contributed by atoms with Crippen molar-refractivity contribution < 1.29 is 9.59 Å². The molecular weight excluding hydrogens is 366 g/mol. The largest absolute Gasteiger partial charge is 0.386 e. The van der Waals surface area contributed by atoms with Gasteiger partial charge in [-0.25, -0.2) is 0 Å². The van der Waals surface area contributed by atoms with Crippen LogP contribution in [0.3, 0.4) is 0 Å². The Kier molecular flexibility index (Phi) is 5.92. The van der Waals surface area contributed by atoms with E-state index in [1.54, 1.807) is 6.07 Å². The average molecular weight is 396 g/mol. The monoisotopic (exact) mass is 395 g/mol. The molecule has 0 saturated carbocycles. The van der Waals surface area contributed by atoms with Crippen LogP contribution in [-0.4, -0.2) is 49.4 Å². The van der Waals surface area contributed by atoms with E-state index in [1.165, 1.54) is 6.42 Å². The van der Waals surface area contributed by atoms with E-state index in [0.717, 1.165) is 67.8 Å². The zero-order valence-corrected chi connectivity index (χ0v) is 17.0. The number of benzene rings is 1. The molecule has 1 aromatic rings. The normalized spacial score (nSPS) is 21.4. The van der Waals surface area contributed by atoms with E-state index in [0.29, 0.717) is 18.0 Å². The van der Waals surface area contributed by atoms with Crippen molar-refractivity contribution in [2.24, 2.45) is 16.1 Å². The van der Waals surface area contributed by atoms with Crippen molar-refractivity contribution in [3.05, 3.63) is 40.6 Å². The third kappa shape index (κ3) is 4.18. The summed E-state index contributed by atoms with van der Waals surface area (Å²) >= 11 is 0. The lowest BCUT2D eigenvalue weighted by Crippen LogP contribution is -2.42. The molecule has 0 spiro atoms. The number of fused-ring (bicyclic) bond motifs is 1. The number of nitrogens with zero attached hydrogens (tertiary/aromatic N) is 3. The van der Waals surface area contributed by atoms with Crippen LogP contribution in [0.15, 0.2) is 34.1 Å². The van der Waals surface area contributed by atoms with Crippen LogP contribution in [-0.2, 0) is 4.79 Å². The number of rotatable bonds is 4. The number of carbonyl (C=O) groups excluding carboxylic acids is 2. The molecule has 3 aliphatic heterocycles. The summed E-state index contributed by atoms with van der Waals surface area (Å²) in [5.41, 5.74) is 4.21. The molecule has 2 fully saturated rings. The van der Waals surface area contributed by atoms with Crippen molar-refractivity contribution in [2.75, 3.05) is 32.7 Å². The fourth-order valence-electron chi connectivity index (χ4n) is 4.45. The van der Waals surface area contributed by atoms with Crippen LogP contribution in [0, 0.1) is 12.8 Å². The van der Waals surface area contributed by atoms with E-state index in [9.17, 15) is 9.59 Å². The Morgan fingerprint density at radius 2 is 2.03 bits per heavy atom. The van der Waals surface area contributed by atoms with Crippen molar-refractivity contribution in [1.82, 2.24) is 15.5 Å². The zero-order chi connectivity index (χ0) is 20.2. The Labute approximate surface area is 171 Å². The highest BCUT2D eigenvalue weighted by Crippen LogP contribution is 2.35. The summed E-state index contributed by atoms with van der Waals surface area (Å²) in [5.74, 6) is 0.0865. The summed E-state index contributed by atoms with van der Waals surface area (Å²) in [6.45, 7) is 5.20. The second-order valence-electron chi connectivity index (χ2n) is 8.07. The van der Waals surface area contributed by atoms with Gasteiger partial charge in [-0.2, -0.15) is 10.2 Å². The second kappa shape index (κ2) is 8.76. The smallest absolute Gasteiger partial charge is 0.252 e. The zero-order valence-electron chi connectivity index (χ0n) is 17.0. The molecule has 1 aromatic carbocycles. The van der Waals surface area contributed by atoms with Gasteiger partial charge in [0.15, 0.2) is 0 Å². The highest BCUT2D eigenvalue weighted by Gasteiger charge is 2.29. The van der Waals surface area contributed by atoms with Crippen molar-refractivity contribution in [2.45, 2.75) is 39.0 Å². The standard InChI is InChI=1S/C22H29N5O2/c1-15-7-5-9-17(22(29)24-14-18(28)27-11-3-2-4-12-27)19(15)21-20-16(13-25-26-21)8-6-10-23-20/h5,7,9,16,23H,2-4,6,8,10-14H2,1H3,(H,24,29). The summed E-state index contributed by atoms with van der Waals surface area (Å²) in [4.78, 5) is 27.3. The second-order valence-corrected chi connectivity index (χ2v) is 8.07. The third-order valence-corrected chi connectivity index (χ3v) is 6.04. The number of hydrogen-bond acceptors (Lipinski definition) is 5. The lowest BCUT2D eigenvalue weighted by atomic mass is 9.89.